The van der Waals surface area contributed by atoms with E-state index in [9.17, 15) is 8.42 Å². The van der Waals surface area contributed by atoms with Crippen LogP contribution in [0.15, 0.2) is 48.8 Å². The predicted octanol–water partition coefficient (Wildman–Crippen LogP) is 2.87. The average Bonchev–Trinajstić information content (AvgIpc) is 2.48. The van der Waals surface area contributed by atoms with Crippen LogP contribution >= 0.6 is 0 Å². The number of aryl methyl sites for hydroxylation is 2. The van der Waals surface area contributed by atoms with Gasteiger partial charge in [-0.25, -0.2) is 0 Å². The van der Waals surface area contributed by atoms with Gasteiger partial charge in [0, 0.05) is 0 Å². The van der Waals surface area contributed by atoms with Gasteiger partial charge in [-0.3, -0.25) is 4.55 Å². The summed E-state index contributed by atoms with van der Waals surface area (Å²) in [5, 5.41) is 0. The second-order valence-electron chi connectivity index (χ2n) is 4.71. The van der Waals surface area contributed by atoms with Gasteiger partial charge in [0.15, 0.2) is 0 Å². The van der Waals surface area contributed by atoms with Gasteiger partial charge in [-0.15, -0.1) is 0 Å². The third kappa shape index (κ3) is 4.21. The molecule has 108 valence electrons. The lowest BCUT2D eigenvalue weighted by molar-refractivity contribution is 0.232. The van der Waals surface area contributed by atoms with Gasteiger partial charge in [0.1, 0.15) is 0 Å². The predicted molar refractivity (Wildman–Crippen MR) is 77.8 cm³/mol. The van der Waals surface area contributed by atoms with Crippen LogP contribution in [0.1, 0.15) is 24.0 Å². The SMILES string of the molecule is O=S(=O)(O)C1C=CC=CO1.c1ccc2c(c1)CCCC2. The van der Waals surface area contributed by atoms with Crippen LogP contribution in [0.25, 0.3) is 0 Å². The van der Waals surface area contributed by atoms with E-state index in [0.29, 0.717) is 0 Å². The van der Waals surface area contributed by atoms with Gasteiger partial charge in [0.25, 0.3) is 0 Å². The summed E-state index contributed by atoms with van der Waals surface area (Å²) in [4.78, 5) is 0. The molecule has 0 radical (unpaired) electrons. The van der Waals surface area contributed by atoms with Gasteiger partial charge in [0.2, 0.25) is 5.44 Å². The number of benzene rings is 1. The Hall–Kier alpha value is -1.59. The summed E-state index contributed by atoms with van der Waals surface area (Å²) in [5.41, 5.74) is 1.92. The molecule has 5 heteroatoms. The van der Waals surface area contributed by atoms with Crippen molar-refractivity contribution in [1.82, 2.24) is 0 Å². The summed E-state index contributed by atoms with van der Waals surface area (Å²) in [6, 6.07) is 8.80. The summed E-state index contributed by atoms with van der Waals surface area (Å²) in [6.07, 6.45) is 10.8. The summed E-state index contributed by atoms with van der Waals surface area (Å²) in [7, 11) is -4.09. The lowest BCUT2D eigenvalue weighted by atomic mass is 9.92. The molecule has 20 heavy (non-hydrogen) atoms. The van der Waals surface area contributed by atoms with Gasteiger partial charge < -0.3 is 4.74 Å². The Kier molecular flexibility index (Phi) is 4.98. The molecule has 0 fully saturated rings. The zero-order chi connectivity index (χ0) is 14.4. The number of fused-ring (bicyclic) bond motifs is 1. The molecule has 1 N–H and O–H groups in total. The van der Waals surface area contributed by atoms with Crippen molar-refractivity contribution >= 4 is 10.1 Å². The van der Waals surface area contributed by atoms with Crippen LogP contribution in [0.2, 0.25) is 0 Å². The molecule has 1 heterocycles. The Bertz CT molecular complexity index is 577. The largest absolute Gasteiger partial charge is 0.475 e. The zero-order valence-electron chi connectivity index (χ0n) is 11.1. The molecule has 1 aromatic rings. The van der Waals surface area contributed by atoms with Crippen molar-refractivity contribution in [3.05, 3.63) is 59.9 Å². The maximum absolute atomic E-state index is 10.3. The first-order valence-electron chi connectivity index (χ1n) is 6.59. The standard InChI is InChI=1S/C10H12.C5H6O4S/c1-2-6-10-8-4-3-7-9(10)5-1;6-10(7,8)5-3-1-2-4-9-5/h1-2,5-6H,3-4,7-8H2;1-5H,(H,6,7,8). The molecule has 3 rings (SSSR count). The maximum atomic E-state index is 10.3. The van der Waals surface area contributed by atoms with Crippen LogP contribution in [0.3, 0.4) is 0 Å². The number of rotatable bonds is 1. The van der Waals surface area contributed by atoms with Crippen molar-refractivity contribution in [3.8, 4) is 0 Å². The molecular formula is C15H18O4S. The number of hydrogen-bond donors (Lipinski definition) is 1. The third-order valence-corrected chi connectivity index (χ3v) is 4.08. The van der Waals surface area contributed by atoms with E-state index >= 15 is 0 Å². The highest BCUT2D eigenvalue weighted by Gasteiger charge is 2.20. The van der Waals surface area contributed by atoms with Gasteiger partial charge >= 0.3 is 10.1 Å². The van der Waals surface area contributed by atoms with E-state index in [4.69, 9.17) is 4.55 Å². The van der Waals surface area contributed by atoms with E-state index in [1.54, 1.807) is 11.1 Å². The summed E-state index contributed by atoms with van der Waals surface area (Å²) < 4.78 is 33.6. The average molecular weight is 294 g/mol. The number of ether oxygens (including phenoxy) is 1. The Labute approximate surface area is 119 Å². The lowest BCUT2D eigenvalue weighted by Crippen LogP contribution is -2.20. The molecule has 0 saturated heterocycles. The van der Waals surface area contributed by atoms with Crippen LogP contribution < -0.4 is 0 Å². The molecule has 0 aromatic heterocycles. The number of allylic oxidation sites excluding steroid dienone is 2. The third-order valence-electron chi connectivity index (χ3n) is 3.22. The molecule has 0 amide bonds. The molecule has 0 bridgehead atoms. The van der Waals surface area contributed by atoms with Gasteiger partial charge in [0.05, 0.1) is 6.26 Å². The molecular weight excluding hydrogens is 276 g/mol. The van der Waals surface area contributed by atoms with Gasteiger partial charge in [-0.05, 0) is 49.0 Å². The minimum Gasteiger partial charge on any atom is -0.475 e. The summed E-state index contributed by atoms with van der Waals surface area (Å²) >= 11 is 0. The quantitative estimate of drug-likeness (QED) is 0.809. The highest BCUT2D eigenvalue weighted by atomic mass is 32.2. The van der Waals surface area contributed by atoms with Crippen molar-refractivity contribution < 1.29 is 17.7 Å². The minimum absolute atomic E-state index is 1.21. The van der Waals surface area contributed by atoms with E-state index in [0.717, 1.165) is 0 Å². The molecule has 4 nitrogen and oxygen atoms in total. The first-order valence-corrected chi connectivity index (χ1v) is 8.09. The summed E-state index contributed by atoms with van der Waals surface area (Å²) in [6.45, 7) is 0. The Morgan fingerprint density at radius 3 is 2.05 bits per heavy atom. The first kappa shape index (κ1) is 14.8. The van der Waals surface area contributed by atoms with Crippen molar-refractivity contribution in [2.24, 2.45) is 0 Å². The molecule has 1 atom stereocenters. The first-order chi connectivity index (χ1) is 9.57. The molecule has 0 spiro atoms. The normalized spacial score (nSPS) is 20.4. The maximum Gasteiger partial charge on any atom is 0.307 e. The fraction of sp³-hybridized carbons (Fsp3) is 0.333. The van der Waals surface area contributed by atoms with E-state index in [-0.39, 0.29) is 0 Å². The van der Waals surface area contributed by atoms with Crippen LogP contribution in [0.5, 0.6) is 0 Å². The zero-order valence-corrected chi connectivity index (χ0v) is 11.9. The van der Waals surface area contributed by atoms with Crippen molar-refractivity contribution in [2.45, 2.75) is 31.1 Å². The van der Waals surface area contributed by atoms with Crippen LogP contribution in [0.4, 0.5) is 0 Å². The lowest BCUT2D eigenvalue weighted by Gasteiger charge is -2.13. The summed E-state index contributed by atoms with van der Waals surface area (Å²) in [5.74, 6) is 0. The second kappa shape index (κ2) is 6.72. The Morgan fingerprint density at radius 1 is 1.05 bits per heavy atom. The number of hydrogen-bond acceptors (Lipinski definition) is 3. The molecule has 1 aliphatic carbocycles. The fourth-order valence-electron chi connectivity index (χ4n) is 2.21. The minimum atomic E-state index is -4.09. The van der Waals surface area contributed by atoms with Crippen molar-refractivity contribution in [1.29, 1.82) is 0 Å². The van der Waals surface area contributed by atoms with E-state index < -0.39 is 15.6 Å². The van der Waals surface area contributed by atoms with E-state index in [2.05, 4.69) is 29.0 Å². The smallest absolute Gasteiger partial charge is 0.307 e. The molecule has 0 saturated carbocycles. The molecule has 1 aromatic carbocycles. The second-order valence-corrected chi connectivity index (χ2v) is 6.20. The molecule has 1 aliphatic heterocycles. The van der Waals surface area contributed by atoms with Crippen LogP contribution in [-0.4, -0.2) is 18.4 Å². The van der Waals surface area contributed by atoms with Crippen LogP contribution in [0, 0.1) is 0 Å². The highest BCUT2D eigenvalue weighted by Crippen LogP contribution is 2.19. The van der Waals surface area contributed by atoms with E-state index in [1.807, 2.05) is 0 Å². The highest BCUT2D eigenvalue weighted by molar-refractivity contribution is 7.86. The monoisotopic (exact) mass is 294 g/mol. The van der Waals surface area contributed by atoms with E-state index in [1.165, 1.54) is 50.2 Å². The fourth-order valence-corrected chi connectivity index (χ4v) is 2.71. The Morgan fingerprint density at radius 2 is 1.65 bits per heavy atom. The molecule has 2 aliphatic rings. The topological polar surface area (TPSA) is 63.6 Å². The van der Waals surface area contributed by atoms with Crippen LogP contribution in [-0.2, 0) is 27.7 Å². The van der Waals surface area contributed by atoms with Crippen molar-refractivity contribution in [2.75, 3.05) is 0 Å². The van der Waals surface area contributed by atoms with Gasteiger partial charge in [-0.2, -0.15) is 8.42 Å². The van der Waals surface area contributed by atoms with Gasteiger partial charge in [-0.1, -0.05) is 30.3 Å². The van der Waals surface area contributed by atoms with Crippen molar-refractivity contribution in [3.63, 3.8) is 0 Å². The Balaban J connectivity index is 0.000000147. The molecule has 1 unspecified atom stereocenters.